The summed E-state index contributed by atoms with van der Waals surface area (Å²) in [6, 6.07) is 9.91. The standard InChI is InChI=1S/C17H21NO2S2/c1-14-3-2-4-15(11-14)13-22(19,20)18-8-5-16(6-9-18)17-7-10-21-12-17/h2-4,7,10-12,16H,5-6,8-9,13H2,1H3. The third-order valence-corrected chi connectivity index (χ3v) is 6.84. The maximum absolute atomic E-state index is 12.6. The summed E-state index contributed by atoms with van der Waals surface area (Å²) in [5.41, 5.74) is 3.34. The third-order valence-electron chi connectivity index (χ3n) is 4.29. The van der Waals surface area contributed by atoms with E-state index in [4.69, 9.17) is 0 Å². The highest BCUT2D eigenvalue weighted by molar-refractivity contribution is 7.88. The van der Waals surface area contributed by atoms with E-state index in [1.165, 1.54) is 5.56 Å². The molecule has 3 rings (SSSR count). The fraction of sp³-hybridized carbons (Fsp3) is 0.412. The molecule has 2 aromatic rings. The molecule has 1 aromatic carbocycles. The van der Waals surface area contributed by atoms with Gasteiger partial charge in [-0.1, -0.05) is 29.8 Å². The van der Waals surface area contributed by atoms with Crippen LogP contribution in [-0.4, -0.2) is 25.8 Å². The van der Waals surface area contributed by atoms with E-state index in [0.717, 1.165) is 24.0 Å². The first kappa shape index (κ1) is 15.7. The van der Waals surface area contributed by atoms with E-state index in [9.17, 15) is 8.42 Å². The average Bonchev–Trinajstić information content (AvgIpc) is 3.01. The Kier molecular flexibility index (Phi) is 4.66. The summed E-state index contributed by atoms with van der Waals surface area (Å²) in [5.74, 6) is 0.620. The van der Waals surface area contributed by atoms with Crippen LogP contribution >= 0.6 is 11.3 Å². The van der Waals surface area contributed by atoms with Gasteiger partial charge in [0, 0.05) is 13.1 Å². The molecular formula is C17H21NO2S2. The summed E-state index contributed by atoms with van der Waals surface area (Å²) in [6.07, 6.45) is 1.84. The van der Waals surface area contributed by atoms with E-state index in [1.807, 2.05) is 31.2 Å². The zero-order valence-corrected chi connectivity index (χ0v) is 14.4. The second-order valence-corrected chi connectivity index (χ2v) is 8.72. The number of sulfonamides is 1. The minimum absolute atomic E-state index is 0.109. The van der Waals surface area contributed by atoms with E-state index in [2.05, 4.69) is 16.8 Å². The molecule has 0 amide bonds. The first-order valence-electron chi connectivity index (χ1n) is 7.60. The van der Waals surface area contributed by atoms with Crippen LogP contribution in [0.5, 0.6) is 0 Å². The van der Waals surface area contributed by atoms with Crippen molar-refractivity contribution in [1.82, 2.24) is 4.31 Å². The molecule has 3 nitrogen and oxygen atoms in total. The Morgan fingerprint density at radius 1 is 1.23 bits per heavy atom. The predicted molar refractivity (Wildman–Crippen MR) is 91.7 cm³/mol. The third kappa shape index (κ3) is 3.59. The highest BCUT2D eigenvalue weighted by atomic mass is 32.2. The monoisotopic (exact) mass is 335 g/mol. The number of thiophene rings is 1. The smallest absolute Gasteiger partial charge is 0.212 e. The SMILES string of the molecule is Cc1cccc(CS(=O)(=O)N2CCC(c3ccsc3)CC2)c1. The molecule has 1 fully saturated rings. The van der Waals surface area contributed by atoms with Gasteiger partial charge in [-0.3, -0.25) is 0 Å². The van der Waals surface area contributed by atoms with Crippen LogP contribution in [0.25, 0.3) is 0 Å². The Labute approximate surface area is 136 Å². The summed E-state index contributed by atoms with van der Waals surface area (Å²) in [6.45, 7) is 3.26. The summed E-state index contributed by atoms with van der Waals surface area (Å²) in [7, 11) is -3.21. The van der Waals surface area contributed by atoms with Crippen LogP contribution in [0.1, 0.15) is 35.4 Å². The van der Waals surface area contributed by atoms with Gasteiger partial charge in [0.1, 0.15) is 0 Å². The molecule has 118 valence electrons. The van der Waals surface area contributed by atoms with Gasteiger partial charge >= 0.3 is 0 Å². The van der Waals surface area contributed by atoms with Crippen LogP contribution in [0.2, 0.25) is 0 Å². The Bertz CT molecular complexity index is 715. The Hall–Kier alpha value is -1.17. The minimum atomic E-state index is -3.21. The van der Waals surface area contributed by atoms with E-state index < -0.39 is 10.0 Å². The van der Waals surface area contributed by atoms with Crippen molar-refractivity contribution in [1.29, 1.82) is 0 Å². The molecule has 1 saturated heterocycles. The maximum Gasteiger partial charge on any atom is 0.218 e. The van der Waals surface area contributed by atoms with Gasteiger partial charge < -0.3 is 0 Å². The van der Waals surface area contributed by atoms with Crippen LogP contribution in [0.3, 0.4) is 0 Å². The van der Waals surface area contributed by atoms with Crippen molar-refractivity contribution in [3.63, 3.8) is 0 Å². The lowest BCUT2D eigenvalue weighted by Crippen LogP contribution is -2.38. The van der Waals surface area contributed by atoms with Crippen LogP contribution in [0.15, 0.2) is 41.1 Å². The van der Waals surface area contributed by atoms with Crippen molar-refractivity contribution in [2.45, 2.75) is 31.4 Å². The fourth-order valence-corrected chi connectivity index (χ4v) is 5.37. The quantitative estimate of drug-likeness (QED) is 0.853. The summed E-state index contributed by atoms with van der Waals surface area (Å²) < 4.78 is 26.8. The van der Waals surface area contributed by atoms with Gasteiger partial charge in [0.15, 0.2) is 0 Å². The summed E-state index contributed by atoms with van der Waals surface area (Å²) in [4.78, 5) is 0. The van der Waals surface area contributed by atoms with Crippen molar-refractivity contribution in [3.05, 3.63) is 57.8 Å². The number of hydrogen-bond acceptors (Lipinski definition) is 3. The van der Waals surface area contributed by atoms with Gasteiger partial charge in [0.05, 0.1) is 5.75 Å². The van der Waals surface area contributed by atoms with Gasteiger partial charge in [-0.2, -0.15) is 11.3 Å². The van der Waals surface area contributed by atoms with E-state index in [1.54, 1.807) is 15.6 Å². The molecule has 1 aromatic heterocycles. The normalized spacial score (nSPS) is 17.7. The first-order valence-corrected chi connectivity index (χ1v) is 10.2. The van der Waals surface area contributed by atoms with Gasteiger partial charge in [-0.25, -0.2) is 12.7 Å². The number of piperidine rings is 1. The second-order valence-electron chi connectivity index (χ2n) is 5.98. The van der Waals surface area contributed by atoms with Crippen LogP contribution in [0, 0.1) is 6.92 Å². The number of hydrogen-bond donors (Lipinski definition) is 0. The van der Waals surface area contributed by atoms with Crippen molar-refractivity contribution in [3.8, 4) is 0 Å². The molecule has 0 aliphatic carbocycles. The zero-order chi connectivity index (χ0) is 15.6. The van der Waals surface area contributed by atoms with Gasteiger partial charge in [-0.05, 0) is 53.6 Å². The highest BCUT2D eigenvalue weighted by Gasteiger charge is 2.28. The first-order chi connectivity index (χ1) is 10.5. The van der Waals surface area contributed by atoms with Crippen LogP contribution < -0.4 is 0 Å². The van der Waals surface area contributed by atoms with Gasteiger partial charge in [-0.15, -0.1) is 0 Å². The molecule has 0 bridgehead atoms. The fourth-order valence-electron chi connectivity index (χ4n) is 3.08. The lowest BCUT2D eigenvalue weighted by molar-refractivity contribution is 0.319. The molecule has 0 spiro atoms. The highest BCUT2D eigenvalue weighted by Crippen LogP contribution is 2.30. The lowest BCUT2D eigenvalue weighted by Gasteiger charge is -2.31. The predicted octanol–water partition coefficient (Wildman–Crippen LogP) is 3.77. The molecule has 0 unspecified atom stereocenters. The van der Waals surface area contributed by atoms with Crippen molar-refractivity contribution >= 4 is 21.4 Å². The summed E-state index contributed by atoms with van der Waals surface area (Å²) >= 11 is 1.71. The van der Waals surface area contributed by atoms with Crippen LogP contribution in [-0.2, 0) is 15.8 Å². The largest absolute Gasteiger partial charge is 0.218 e. The summed E-state index contributed by atoms with van der Waals surface area (Å²) in [5, 5.41) is 4.28. The average molecular weight is 335 g/mol. The topological polar surface area (TPSA) is 37.4 Å². The zero-order valence-electron chi connectivity index (χ0n) is 12.7. The molecule has 5 heteroatoms. The molecular weight excluding hydrogens is 314 g/mol. The molecule has 0 saturated carbocycles. The number of aryl methyl sites for hydroxylation is 1. The van der Waals surface area contributed by atoms with Crippen LogP contribution in [0.4, 0.5) is 0 Å². The Balaban J connectivity index is 1.64. The molecule has 0 radical (unpaired) electrons. The molecule has 22 heavy (non-hydrogen) atoms. The van der Waals surface area contributed by atoms with Gasteiger partial charge in [0.25, 0.3) is 0 Å². The molecule has 1 aliphatic rings. The molecule has 0 N–H and O–H groups in total. The Morgan fingerprint density at radius 3 is 2.64 bits per heavy atom. The van der Waals surface area contributed by atoms with Crippen molar-refractivity contribution in [2.24, 2.45) is 0 Å². The maximum atomic E-state index is 12.6. The van der Waals surface area contributed by atoms with Crippen molar-refractivity contribution in [2.75, 3.05) is 13.1 Å². The number of benzene rings is 1. The second kappa shape index (κ2) is 6.52. The van der Waals surface area contributed by atoms with E-state index in [0.29, 0.717) is 19.0 Å². The van der Waals surface area contributed by atoms with Gasteiger partial charge in [0.2, 0.25) is 10.0 Å². The van der Waals surface area contributed by atoms with E-state index in [-0.39, 0.29) is 5.75 Å². The van der Waals surface area contributed by atoms with Crippen molar-refractivity contribution < 1.29 is 8.42 Å². The molecule has 2 heterocycles. The molecule has 1 aliphatic heterocycles. The number of rotatable bonds is 4. The van der Waals surface area contributed by atoms with E-state index >= 15 is 0 Å². The lowest BCUT2D eigenvalue weighted by atomic mass is 9.92. The molecule has 0 atom stereocenters. The Morgan fingerprint density at radius 2 is 2.00 bits per heavy atom. The number of nitrogens with zero attached hydrogens (tertiary/aromatic N) is 1. The minimum Gasteiger partial charge on any atom is -0.212 e.